The second-order valence-electron chi connectivity index (χ2n) is 5.39. The van der Waals surface area contributed by atoms with Crippen molar-refractivity contribution in [2.75, 3.05) is 46.8 Å². The Morgan fingerprint density at radius 1 is 0.826 bits per heavy atom. The van der Waals surface area contributed by atoms with Gasteiger partial charge in [0.1, 0.15) is 6.61 Å². The lowest BCUT2D eigenvalue weighted by atomic mass is 10.1. The van der Waals surface area contributed by atoms with E-state index in [4.69, 9.17) is 18.9 Å². The Hall–Kier alpha value is -0.910. The normalized spacial score (nSPS) is 10.7. The van der Waals surface area contributed by atoms with Crippen LogP contribution in [0.4, 0.5) is 0 Å². The molecule has 0 aliphatic heterocycles. The molecule has 0 saturated heterocycles. The average Bonchev–Trinajstić information content (AvgIpc) is 2.56. The first kappa shape index (κ1) is 22.1. The van der Waals surface area contributed by atoms with Crippen LogP contribution in [-0.2, 0) is 23.7 Å². The summed E-state index contributed by atoms with van der Waals surface area (Å²) in [6.45, 7) is 6.65. The zero-order chi connectivity index (χ0) is 17.0. The van der Waals surface area contributed by atoms with Crippen molar-refractivity contribution in [3.8, 4) is 0 Å². The van der Waals surface area contributed by atoms with Gasteiger partial charge in [-0.3, -0.25) is 4.79 Å². The quantitative estimate of drug-likeness (QED) is 0.219. The molecule has 0 atom stereocenters. The van der Waals surface area contributed by atoms with Gasteiger partial charge >= 0.3 is 5.97 Å². The third kappa shape index (κ3) is 19.0. The Kier molecular flexibility index (Phi) is 18.4. The van der Waals surface area contributed by atoms with Gasteiger partial charge in [-0.1, -0.05) is 31.8 Å². The molecular formula is C18H34O5. The number of unbranched alkanes of at least 4 members (excludes halogenated alkanes) is 6. The molecule has 0 unspecified atom stereocenters. The Morgan fingerprint density at radius 3 is 2.04 bits per heavy atom. The number of allylic oxidation sites excluding steroid dienone is 1. The molecule has 0 bridgehead atoms. The van der Waals surface area contributed by atoms with Gasteiger partial charge in [-0.2, -0.15) is 0 Å². The monoisotopic (exact) mass is 330 g/mol. The van der Waals surface area contributed by atoms with Crippen LogP contribution in [0.3, 0.4) is 0 Å². The second-order valence-corrected chi connectivity index (χ2v) is 5.39. The van der Waals surface area contributed by atoms with Gasteiger partial charge in [-0.05, 0) is 19.3 Å². The first-order chi connectivity index (χ1) is 11.3. The highest BCUT2D eigenvalue weighted by Gasteiger charge is 2.02. The smallest absolute Gasteiger partial charge is 0.305 e. The molecule has 0 aliphatic carbocycles. The predicted octanol–water partition coefficient (Wildman–Crippen LogP) is 3.52. The summed E-state index contributed by atoms with van der Waals surface area (Å²) in [5, 5.41) is 0. The van der Waals surface area contributed by atoms with Gasteiger partial charge in [0, 0.05) is 13.5 Å². The van der Waals surface area contributed by atoms with Gasteiger partial charge in [-0.15, -0.1) is 6.58 Å². The number of esters is 1. The fraction of sp³-hybridized carbons (Fsp3) is 0.833. The van der Waals surface area contributed by atoms with Gasteiger partial charge in [0.2, 0.25) is 0 Å². The van der Waals surface area contributed by atoms with Crippen LogP contribution in [0.25, 0.3) is 0 Å². The van der Waals surface area contributed by atoms with Crippen molar-refractivity contribution in [2.24, 2.45) is 0 Å². The third-order valence-corrected chi connectivity index (χ3v) is 3.33. The number of hydrogen-bond acceptors (Lipinski definition) is 5. The van der Waals surface area contributed by atoms with Crippen LogP contribution in [0.15, 0.2) is 12.7 Å². The molecule has 0 saturated carbocycles. The minimum atomic E-state index is -0.128. The van der Waals surface area contributed by atoms with Gasteiger partial charge < -0.3 is 18.9 Å². The van der Waals surface area contributed by atoms with E-state index in [9.17, 15) is 4.79 Å². The van der Waals surface area contributed by atoms with E-state index < -0.39 is 0 Å². The number of carbonyl (C=O) groups excluding carboxylic acids is 1. The molecule has 23 heavy (non-hydrogen) atoms. The van der Waals surface area contributed by atoms with Gasteiger partial charge in [0.25, 0.3) is 0 Å². The van der Waals surface area contributed by atoms with Crippen LogP contribution < -0.4 is 0 Å². The van der Waals surface area contributed by atoms with Gasteiger partial charge in [0.05, 0.1) is 33.0 Å². The van der Waals surface area contributed by atoms with Crippen LogP contribution in [0.5, 0.6) is 0 Å². The van der Waals surface area contributed by atoms with E-state index in [1.54, 1.807) is 7.11 Å². The molecule has 0 aromatic rings. The summed E-state index contributed by atoms with van der Waals surface area (Å²) in [6.07, 6.45) is 10.5. The Labute approximate surface area is 141 Å². The molecule has 136 valence electrons. The largest absolute Gasteiger partial charge is 0.463 e. The summed E-state index contributed by atoms with van der Waals surface area (Å²) < 4.78 is 20.5. The zero-order valence-corrected chi connectivity index (χ0v) is 14.7. The van der Waals surface area contributed by atoms with Gasteiger partial charge in [0.15, 0.2) is 0 Å². The summed E-state index contributed by atoms with van der Waals surface area (Å²) >= 11 is 0. The number of hydrogen-bond donors (Lipinski definition) is 0. The van der Waals surface area contributed by atoms with E-state index in [2.05, 4.69) is 6.58 Å². The maximum absolute atomic E-state index is 11.5. The van der Waals surface area contributed by atoms with Crippen molar-refractivity contribution in [2.45, 2.75) is 51.4 Å². The van der Waals surface area contributed by atoms with E-state index in [0.29, 0.717) is 46.1 Å². The number of carbonyl (C=O) groups is 1. The van der Waals surface area contributed by atoms with E-state index in [1.165, 1.54) is 25.7 Å². The lowest BCUT2D eigenvalue weighted by molar-refractivity contribution is -0.145. The highest BCUT2D eigenvalue weighted by Crippen LogP contribution is 2.09. The molecule has 0 aromatic carbocycles. The minimum Gasteiger partial charge on any atom is -0.463 e. The first-order valence-electron chi connectivity index (χ1n) is 8.72. The molecule has 0 spiro atoms. The van der Waals surface area contributed by atoms with Crippen molar-refractivity contribution < 1.29 is 23.7 Å². The first-order valence-corrected chi connectivity index (χ1v) is 8.72. The molecule has 5 heteroatoms. The minimum absolute atomic E-state index is 0.128. The molecule has 0 radical (unpaired) electrons. The highest BCUT2D eigenvalue weighted by molar-refractivity contribution is 5.69. The fourth-order valence-electron chi connectivity index (χ4n) is 2.02. The predicted molar refractivity (Wildman–Crippen MR) is 91.6 cm³/mol. The maximum atomic E-state index is 11.5. The van der Waals surface area contributed by atoms with Crippen LogP contribution in [0, 0.1) is 0 Å². The summed E-state index contributed by atoms with van der Waals surface area (Å²) in [5.41, 5.74) is 0. The molecular weight excluding hydrogens is 296 g/mol. The number of methoxy groups -OCH3 is 1. The van der Waals surface area contributed by atoms with Crippen molar-refractivity contribution in [3.63, 3.8) is 0 Å². The van der Waals surface area contributed by atoms with Crippen LogP contribution in [-0.4, -0.2) is 52.7 Å². The van der Waals surface area contributed by atoms with E-state index in [-0.39, 0.29) is 5.97 Å². The number of rotatable bonds is 18. The molecule has 0 fully saturated rings. The maximum Gasteiger partial charge on any atom is 0.305 e. The summed E-state index contributed by atoms with van der Waals surface area (Å²) in [5.74, 6) is -0.128. The summed E-state index contributed by atoms with van der Waals surface area (Å²) in [4.78, 5) is 11.5. The Morgan fingerprint density at radius 2 is 1.39 bits per heavy atom. The number of ether oxygens (including phenoxy) is 4. The lowest BCUT2D eigenvalue weighted by Gasteiger charge is -2.07. The third-order valence-electron chi connectivity index (χ3n) is 3.33. The van der Waals surface area contributed by atoms with E-state index in [1.807, 2.05) is 6.08 Å². The summed E-state index contributed by atoms with van der Waals surface area (Å²) in [7, 11) is 1.64. The van der Waals surface area contributed by atoms with Crippen LogP contribution in [0.1, 0.15) is 51.4 Å². The molecule has 0 aliphatic rings. The highest BCUT2D eigenvalue weighted by atomic mass is 16.6. The Balaban J connectivity index is 3.14. The standard InChI is InChI=1S/C18H34O5/c1-3-4-5-6-7-8-9-10-11-18(19)23-17-16-22-15-14-21-13-12-20-2/h3H,1,4-17H2,2H3. The molecule has 0 aromatic heterocycles. The van der Waals surface area contributed by atoms with Crippen molar-refractivity contribution in [3.05, 3.63) is 12.7 Å². The second kappa shape index (κ2) is 19.1. The SMILES string of the molecule is C=CCCCCCCCCC(=O)OCCOCCOCCOC. The molecule has 0 heterocycles. The molecule has 5 nitrogen and oxygen atoms in total. The Bertz CT molecular complexity index is 268. The zero-order valence-electron chi connectivity index (χ0n) is 14.7. The molecule has 0 rings (SSSR count). The van der Waals surface area contributed by atoms with Crippen LogP contribution >= 0.6 is 0 Å². The molecule has 0 amide bonds. The molecule has 0 N–H and O–H groups in total. The van der Waals surface area contributed by atoms with Crippen LogP contribution in [0.2, 0.25) is 0 Å². The van der Waals surface area contributed by atoms with Crippen molar-refractivity contribution in [1.29, 1.82) is 0 Å². The topological polar surface area (TPSA) is 54.0 Å². The van der Waals surface area contributed by atoms with Crippen molar-refractivity contribution >= 4 is 5.97 Å². The average molecular weight is 330 g/mol. The van der Waals surface area contributed by atoms with Crippen molar-refractivity contribution in [1.82, 2.24) is 0 Å². The lowest BCUT2D eigenvalue weighted by Crippen LogP contribution is -2.13. The van der Waals surface area contributed by atoms with E-state index in [0.717, 1.165) is 19.3 Å². The fourth-order valence-corrected chi connectivity index (χ4v) is 2.02. The van der Waals surface area contributed by atoms with E-state index >= 15 is 0 Å². The van der Waals surface area contributed by atoms with Gasteiger partial charge in [-0.25, -0.2) is 0 Å². The summed E-state index contributed by atoms with van der Waals surface area (Å²) in [6, 6.07) is 0.